The summed E-state index contributed by atoms with van der Waals surface area (Å²) in [7, 11) is 0. The van der Waals surface area contributed by atoms with E-state index in [1.807, 2.05) is 6.07 Å². The highest BCUT2D eigenvalue weighted by atomic mass is 16.3. The van der Waals surface area contributed by atoms with E-state index in [-0.39, 0.29) is 6.10 Å². The lowest BCUT2D eigenvalue weighted by Gasteiger charge is -2.25. The zero-order valence-corrected chi connectivity index (χ0v) is 10.2. The van der Waals surface area contributed by atoms with Crippen LogP contribution >= 0.6 is 0 Å². The fourth-order valence-corrected chi connectivity index (χ4v) is 2.27. The van der Waals surface area contributed by atoms with E-state index in [2.05, 4.69) is 41.7 Å². The fourth-order valence-electron chi connectivity index (χ4n) is 2.27. The van der Waals surface area contributed by atoms with Crippen LogP contribution in [0.2, 0.25) is 0 Å². The smallest absolute Gasteiger partial charge is 0.0541 e. The third-order valence-electron chi connectivity index (χ3n) is 3.33. The van der Waals surface area contributed by atoms with Crippen LogP contribution in [-0.2, 0) is 0 Å². The SMILES string of the molecule is OC1CCC(NCC=Cc2ccccc2)CC1. The predicted molar refractivity (Wildman–Crippen MR) is 71.7 cm³/mol. The molecule has 92 valence electrons. The van der Waals surface area contributed by atoms with Gasteiger partial charge in [0.05, 0.1) is 6.10 Å². The number of benzene rings is 1. The Labute approximate surface area is 103 Å². The molecule has 1 fully saturated rings. The van der Waals surface area contributed by atoms with E-state index in [0.717, 1.165) is 32.2 Å². The van der Waals surface area contributed by atoms with E-state index in [4.69, 9.17) is 0 Å². The fraction of sp³-hybridized carbons (Fsp3) is 0.467. The van der Waals surface area contributed by atoms with Crippen LogP contribution in [0.5, 0.6) is 0 Å². The monoisotopic (exact) mass is 231 g/mol. The van der Waals surface area contributed by atoms with Gasteiger partial charge in [0, 0.05) is 12.6 Å². The molecule has 1 aliphatic rings. The molecular formula is C15H21NO. The van der Waals surface area contributed by atoms with Gasteiger partial charge in [0.25, 0.3) is 0 Å². The first-order valence-electron chi connectivity index (χ1n) is 6.47. The Kier molecular flexibility index (Phi) is 4.77. The zero-order valence-electron chi connectivity index (χ0n) is 10.2. The van der Waals surface area contributed by atoms with Crippen LogP contribution in [0.4, 0.5) is 0 Å². The average molecular weight is 231 g/mol. The van der Waals surface area contributed by atoms with Crippen LogP contribution in [0.1, 0.15) is 31.2 Å². The summed E-state index contributed by atoms with van der Waals surface area (Å²) in [5.41, 5.74) is 1.24. The Balaban J connectivity index is 1.68. The first kappa shape index (κ1) is 12.3. The lowest BCUT2D eigenvalue weighted by molar-refractivity contribution is 0.117. The van der Waals surface area contributed by atoms with Gasteiger partial charge < -0.3 is 10.4 Å². The first-order valence-corrected chi connectivity index (χ1v) is 6.47. The van der Waals surface area contributed by atoms with E-state index < -0.39 is 0 Å². The average Bonchev–Trinajstić information content (AvgIpc) is 2.38. The van der Waals surface area contributed by atoms with Crippen molar-refractivity contribution in [2.75, 3.05) is 6.54 Å². The van der Waals surface area contributed by atoms with Gasteiger partial charge in [-0.2, -0.15) is 0 Å². The lowest BCUT2D eigenvalue weighted by Crippen LogP contribution is -2.34. The maximum absolute atomic E-state index is 9.41. The molecule has 0 bridgehead atoms. The Hall–Kier alpha value is -1.12. The van der Waals surface area contributed by atoms with Gasteiger partial charge in [0.15, 0.2) is 0 Å². The van der Waals surface area contributed by atoms with Gasteiger partial charge in [-0.15, -0.1) is 0 Å². The molecule has 2 rings (SSSR count). The molecule has 0 heterocycles. The molecule has 1 saturated carbocycles. The Morgan fingerprint density at radius 1 is 1.12 bits per heavy atom. The second kappa shape index (κ2) is 6.58. The summed E-state index contributed by atoms with van der Waals surface area (Å²) in [5.74, 6) is 0. The topological polar surface area (TPSA) is 32.3 Å². The summed E-state index contributed by atoms with van der Waals surface area (Å²) in [5, 5.41) is 12.9. The van der Waals surface area contributed by atoms with Gasteiger partial charge in [0.2, 0.25) is 0 Å². The molecule has 2 N–H and O–H groups in total. The third kappa shape index (κ3) is 4.33. The molecule has 0 aromatic heterocycles. The maximum Gasteiger partial charge on any atom is 0.0541 e. The zero-order chi connectivity index (χ0) is 11.9. The molecule has 0 unspecified atom stereocenters. The van der Waals surface area contributed by atoms with Gasteiger partial charge in [-0.3, -0.25) is 0 Å². The van der Waals surface area contributed by atoms with Gasteiger partial charge in [-0.25, -0.2) is 0 Å². The molecular weight excluding hydrogens is 210 g/mol. The van der Waals surface area contributed by atoms with Crippen LogP contribution in [0, 0.1) is 0 Å². The largest absolute Gasteiger partial charge is 0.393 e. The van der Waals surface area contributed by atoms with Crippen molar-refractivity contribution >= 4 is 6.08 Å². The molecule has 2 nitrogen and oxygen atoms in total. The van der Waals surface area contributed by atoms with Crippen molar-refractivity contribution in [1.82, 2.24) is 5.32 Å². The minimum absolute atomic E-state index is 0.0621. The van der Waals surface area contributed by atoms with Gasteiger partial charge in [-0.05, 0) is 31.2 Å². The highest BCUT2D eigenvalue weighted by Gasteiger charge is 2.17. The van der Waals surface area contributed by atoms with E-state index in [9.17, 15) is 5.11 Å². The maximum atomic E-state index is 9.41. The van der Waals surface area contributed by atoms with Gasteiger partial charge in [-0.1, -0.05) is 42.5 Å². The molecule has 1 aromatic carbocycles. The van der Waals surface area contributed by atoms with Crippen LogP contribution in [-0.4, -0.2) is 23.8 Å². The summed E-state index contributed by atoms with van der Waals surface area (Å²) in [6.07, 6.45) is 8.33. The van der Waals surface area contributed by atoms with Crippen LogP contribution in [0.3, 0.4) is 0 Å². The van der Waals surface area contributed by atoms with E-state index in [1.54, 1.807) is 0 Å². The predicted octanol–water partition coefficient (Wildman–Crippen LogP) is 2.59. The van der Waals surface area contributed by atoms with Gasteiger partial charge in [0.1, 0.15) is 0 Å². The molecule has 0 radical (unpaired) electrons. The summed E-state index contributed by atoms with van der Waals surface area (Å²) < 4.78 is 0. The van der Waals surface area contributed by atoms with Crippen molar-refractivity contribution in [2.45, 2.75) is 37.8 Å². The Morgan fingerprint density at radius 3 is 2.53 bits per heavy atom. The number of hydrogen-bond donors (Lipinski definition) is 2. The summed E-state index contributed by atoms with van der Waals surface area (Å²) in [6.45, 7) is 0.912. The highest BCUT2D eigenvalue weighted by molar-refractivity contribution is 5.48. The van der Waals surface area contributed by atoms with E-state index in [0.29, 0.717) is 6.04 Å². The quantitative estimate of drug-likeness (QED) is 0.835. The molecule has 1 aromatic rings. The standard InChI is InChI=1S/C15H21NO/c17-15-10-8-14(9-11-15)16-12-4-7-13-5-2-1-3-6-13/h1-7,14-17H,8-12H2. The normalized spacial score (nSPS) is 25.2. The summed E-state index contributed by atoms with van der Waals surface area (Å²) in [6, 6.07) is 10.9. The lowest BCUT2D eigenvalue weighted by atomic mass is 9.93. The molecule has 2 heteroatoms. The van der Waals surface area contributed by atoms with Crippen molar-refractivity contribution in [3.63, 3.8) is 0 Å². The minimum atomic E-state index is -0.0621. The Bertz CT molecular complexity index is 339. The van der Waals surface area contributed by atoms with Crippen molar-refractivity contribution in [3.05, 3.63) is 42.0 Å². The second-order valence-electron chi connectivity index (χ2n) is 4.73. The number of aliphatic hydroxyl groups is 1. The highest BCUT2D eigenvalue weighted by Crippen LogP contribution is 2.17. The second-order valence-corrected chi connectivity index (χ2v) is 4.73. The number of hydrogen-bond acceptors (Lipinski definition) is 2. The molecule has 0 spiro atoms. The molecule has 0 aliphatic heterocycles. The van der Waals surface area contributed by atoms with Crippen molar-refractivity contribution in [1.29, 1.82) is 0 Å². The number of aliphatic hydroxyl groups excluding tert-OH is 1. The summed E-state index contributed by atoms with van der Waals surface area (Å²) >= 11 is 0. The van der Waals surface area contributed by atoms with E-state index in [1.165, 1.54) is 5.56 Å². The van der Waals surface area contributed by atoms with Crippen molar-refractivity contribution in [3.8, 4) is 0 Å². The van der Waals surface area contributed by atoms with E-state index >= 15 is 0 Å². The van der Waals surface area contributed by atoms with Crippen LogP contribution in [0.25, 0.3) is 6.08 Å². The molecule has 0 saturated heterocycles. The molecule has 0 amide bonds. The molecule has 0 atom stereocenters. The van der Waals surface area contributed by atoms with Crippen LogP contribution in [0.15, 0.2) is 36.4 Å². The third-order valence-corrected chi connectivity index (χ3v) is 3.33. The molecule has 1 aliphatic carbocycles. The Morgan fingerprint density at radius 2 is 1.82 bits per heavy atom. The minimum Gasteiger partial charge on any atom is -0.393 e. The van der Waals surface area contributed by atoms with Crippen molar-refractivity contribution in [2.24, 2.45) is 0 Å². The van der Waals surface area contributed by atoms with Gasteiger partial charge >= 0.3 is 0 Å². The summed E-state index contributed by atoms with van der Waals surface area (Å²) in [4.78, 5) is 0. The van der Waals surface area contributed by atoms with Crippen molar-refractivity contribution < 1.29 is 5.11 Å². The molecule has 17 heavy (non-hydrogen) atoms. The number of nitrogens with one attached hydrogen (secondary N) is 1. The first-order chi connectivity index (χ1) is 8.34. The number of rotatable bonds is 4. The van der Waals surface area contributed by atoms with Crippen LogP contribution < -0.4 is 5.32 Å².